The van der Waals surface area contributed by atoms with Crippen LogP contribution in [-0.4, -0.2) is 18.6 Å². The lowest BCUT2D eigenvalue weighted by Crippen LogP contribution is -2.37. The molecule has 1 aromatic carbocycles. The number of rotatable bonds is 6. The molecule has 2 rings (SSSR count). The van der Waals surface area contributed by atoms with Gasteiger partial charge in [-0.05, 0) is 43.5 Å². The Hall–Kier alpha value is -2.23. The van der Waals surface area contributed by atoms with Crippen molar-refractivity contribution in [2.75, 3.05) is 6.61 Å². The first kappa shape index (κ1) is 14.2. The molecule has 0 fully saturated rings. The zero-order valence-corrected chi connectivity index (χ0v) is 11.8. The lowest BCUT2D eigenvalue weighted by molar-refractivity contribution is -0.123. The first-order valence-corrected chi connectivity index (χ1v) is 6.64. The molecule has 4 nitrogen and oxygen atoms in total. The molecule has 1 aromatic heterocycles. The lowest BCUT2D eigenvalue weighted by atomic mass is 10.1. The Kier molecular flexibility index (Phi) is 4.82. The van der Waals surface area contributed by atoms with E-state index in [1.165, 1.54) is 0 Å². The quantitative estimate of drug-likeness (QED) is 0.880. The Morgan fingerprint density at radius 2 is 2.15 bits per heavy atom. The summed E-state index contributed by atoms with van der Waals surface area (Å²) in [6.07, 6.45) is 4.06. The fourth-order valence-electron chi connectivity index (χ4n) is 1.99. The minimum Gasteiger partial charge on any atom is -0.484 e. The van der Waals surface area contributed by atoms with E-state index in [1.807, 2.05) is 44.2 Å². The number of carbonyl (C=O) groups is 1. The predicted octanol–water partition coefficient (Wildman–Crippen LogP) is 2.71. The number of hydrogen-bond donors (Lipinski definition) is 1. The van der Waals surface area contributed by atoms with Crippen LogP contribution < -0.4 is 10.1 Å². The second kappa shape index (κ2) is 6.80. The molecule has 1 heterocycles. The Bertz CT molecular complexity index is 549. The van der Waals surface area contributed by atoms with Gasteiger partial charge >= 0.3 is 0 Å². The maximum atomic E-state index is 11.8. The highest BCUT2D eigenvalue weighted by atomic mass is 16.5. The van der Waals surface area contributed by atoms with Gasteiger partial charge in [0.05, 0.1) is 12.5 Å². The number of aryl methyl sites for hydroxylation is 1. The summed E-state index contributed by atoms with van der Waals surface area (Å²) >= 11 is 0. The van der Waals surface area contributed by atoms with E-state index in [9.17, 15) is 4.79 Å². The molecular formula is C16H19NO3. The second-order valence-corrected chi connectivity index (χ2v) is 4.86. The molecule has 4 heteroatoms. The Morgan fingerprint density at radius 1 is 1.35 bits per heavy atom. The van der Waals surface area contributed by atoms with E-state index in [1.54, 1.807) is 12.5 Å². The Labute approximate surface area is 118 Å². The number of amides is 1. The van der Waals surface area contributed by atoms with E-state index in [2.05, 4.69) is 5.32 Å². The van der Waals surface area contributed by atoms with Crippen LogP contribution in [-0.2, 0) is 11.2 Å². The summed E-state index contributed by atoms with van der Waals surface area (Å²) in [6, 6.07) is 9.58. The van der Waals surface area contributed by atoms with Crippen LogP contribution in [0.5, 0.6) is 5.75 Å². The van der Waals surface area contributed by atoms with Gasteiger partial charge in [-0.1, -0.05) is 18.2 Å². The Morgan fingerprint density at radius 3 is 2.85 bits per heavy atom. The fourth-order valence-corrected chi connectivity index (χ4v) is 1.99. The summed E-state index contributed by atoms with van der Waals surface area (Å²) in [6.45, 7) is 3.94. The largest absolute Gasteiger partial charge is 0.484 e. The monoisotopic (exact) mass is 273 g/mol. The summed E-state index contributed by atoms with van der Waals surface area (Å²) in [5, 5.41) is 2.90. The smallest absolute Gasteiger partial charge is 0.258 e. The number of hydrogen-bond acceptors (Lipinski definition) is 3. The van der Waals surface area contributed by atoms with Crippen LogP contribution in [0.25, 0.3) is 0 Å². The van der Waals surface area contributed by atoms with Crippen LogP contribution in [0.2, 0.25) is 0 Å². The van der Waals surface area contributed by atoms with Crippen molar-refractivity contribution in [3.63, 3.8) is 0 Å². The van der Waals surface area contributed by atoms with E-state index < -0.39 is 0 Å². The maximum absolute atomic E-state index is 11.8. The van der Waals surface area contributed by atoms with Crippen molar-refractivity contribution >= 4 is 5.91 Å². The van der Waals surface area contributed by atoms with E-state index in [-0.39, 0.29) is 18.6 Å². The Balaban J connectivity index is 1.76. The number of nitrogens with one attached hydrogen (secondary N) is 1. The third kappa shape index (κ3) is 4.16. The minimum absolute atomic E-state index is 0.0284. The van der Waals surface area contributed by atoms with Gasteiger partial charge < -0.3 is 14.5 Å². The molecular weight excluding hydrogens is 254 g/mol. The van der Waals surface area contributed by atoms with Gasteiger partial charge in [-0.25, -0.2) is 0 Å². The summed E-state index contributed by atoms with van der Waals surface area (Å²) in [4.78, 5) is 11.8. The SMILES string of the molecule is Cc1ccccc1OCC(=O)NC(C)Cc1ccoc1. The molecule has 0 saturated heterocycles. The zero-order valence-electron chi connectivity index (χ0n) is 11.8. The summed E-state index contributed by atoms with van der Waals surface area (Å²) < 4.78 is 10.5. The molecule has 1 amide bonds. The van der Waals surface area contributed by atoms with Crippen molar-refractivity contribution in [3.05, 3.63) is 54.0 Å². The second-order valence-electron chi connectivity index (χ2n) is 4.86. The van der Waals surface area contributed by atoms with Crippen LogP contribution in [0, 0.1) is 6.92 Å². The number of para-hydroxylation sites is 1. The zero-order chi connectivity index (χ0) is 14.4. The average Bonchev–Trinajstić information content (AvgIpc) is 2.90. The number of ether oxygens (including phenoxy) is 1. The molecule has 0 radical (unpaired) electrons. The van der Waals surface area contributed by atoms with Gasteiger partial charge in [0.15, 0.2) is 6.61 Å². The third-order valence-electron chi connectivity index (χ3n) is 2.98. The first-order valence-electron chi connectivity index (χ1n) is 6.64. The van der Waals surface area contributed by atoms with Crippen LogP contribution in [0.4, 0.5) is 0 Å². The highest BCUT2D eigenvalue weighted by molar-refractivity contribution is 5.77. The molecule has 0 aliphatic carbocycles. The molecule has 1 atom stereocenters. The first-order chi connectivity index (χ1) is 9.65. The number of carbonyl (C=O) groups excluding carboxylic acids is 1. The summed E-state index contributed by atoms with van der Waals surface area (Å²) in [5.41, 5.74) is 2.09. The molecule has 0 saturated carbocycles. The topological polar surface area (TPSA) is 51.5 Å². The van der Waals surface area contributed by atoms with Crippen molar-refractivity contribution in [2.24, 2.45) is 0 Å². The predicted molar refractivity (Wildman–Crippen MR) is 76.7 cm³/mol. The molecule has 20 heavy (non-hydrogen) atoms. The molecule has 0 aliphatic heterocycles. The van der Waals surface area contributed by atoms with Gasteiger partial charge in [0.25, 0.3) is 5.91 Å². The highest BCUT2D eigenvalue weighted by Crippen LogP contribution is 2.15. The van der Waals surface area contributed by atoms with Gasteiger partial charge in [0.2, 0.25) is 0 Å². The van der Waals surface area contributed by atoms with Gasteiger partial charge in [0.1, 0.15) is 5.75 Å². The van der Waals surface area contributed by atoms with Crippen molar-refractivity contribution in [3.8, 4) is 5.75 Å². The summed E-state index contributed by atoms with van der Waals surface area (Å²) in [7, 11) is 0. The van der Waals surface area contributed by atoms with Crippen molar-refractivity contribution in [1.82, 2.24) is 5.32 Å². The van der Waals surface area contributed by atoms with E-state index in [0.717, 1.165) is 23.3 Å². The highest BCUT2D eigenvalue weighted by Gasteiger charge is 2.10. The standard InChI is InChI=1S/C16H19NO3/c1-12-5-3-4-6-15(12)20-11-16(18)17-13(2)9-14-7-8-19-10-14/h3-8,10,13H,9,11H2,1-2H3,(H,17,18). The van der Waals surface area contributed by atoms with Crippen molar-refractivity contribution in [1.29, 1.82) is 0 Å². The minimum atomic E-state index is -0.121. The molecule has 0 aliphatic rings. The van der Waals surface area contributed by atoms with E-state index in [0.29, 0.717) is 0 Å². The van der Waals surface area contributed by atoms with Crippen LogP contribution >= 0.6 is 0 Å². The maximum Gasteiger partial charge on any atom is 0.258 e. The van der Waals surface area contributed by atoms with Crippen LogP contribution in [0.15, 0.2) is 47.3 Å². The lowest BCUT2D eigenvalue weighted by Gasteiger charge is -2.14. The molecule has 0 spiro atoms. The van der Waals surface area contributed by atoms with Crippen molar-refractivity contribution in [2.45, 2.75) is 26.3 Å². The average molecular weight is 273 g/mol. The summed E-state index contributed by atoms with van der Waals surface area (Å²) in [5.74, 6) is 0.620. The van der Waals surface area contributed by atoms with Gasteiger partial charge in [-0.3, -0.25) is 4.79 Å². The van der Waals surface area contributed by atoms with E-state index >= 15 is 0 Å². The van der Waals surface area contributed by atoms with E-state index in [4.69, 9.17) is 9.15 Å². The molecule has 1 unspecified atom stereocenters. The van der Waals surface area contributed by atoms with Gasteiger partial charge in [-0.15, -0.1) is 0 Å². The molecule has 1 N–H and O–H groups in total. The number of benzene rings is 1. The van der Waals surface area contributed by atoms with Gasteiger partial charge in [0, 0.05) is 6.04 Å². The fraction of sp³-hybridized carbons (Fsp3) is 0.312. The number of furan rings is 1. The van der Waals surface area contributed by atoms with Crippen molar-refractivity contribution < 1.29 is 13.9 Å². The van der Waals surface area contributed by atoms with Crippen LogP contribution in [0.1, 0.15) is 18.1 Å². The normalized spacial score (nSPS) is 11.9. The van der Waals surface area contributed by atoms with Crippen LogP contribution in [0.3, 0.4) is 0 Å². The third-order valence-corrected chi connectivity index (χ3v) is 2.98. The molecule has 0 bridgehead atoms. The van der Waals surface area contributed by atoms with Gasteiger partial charge in [-0.2, -0.15) is 0 Å². The molecule has 106 valence electrons. The molecule has 2 aromatic rings.